The molecule has 2 N–H and O–H groups in total. The Morgan fingerprint density at radius 3 is 1.81 bits per heavy atom. The highest BCUT2D eigenvalue weighted by Gasteiger charge is 2.50. The molecule has 0 aromatic heterocycles. The van der Waals surface area contributed by atoms with Crippen LogP contribution in [0.5, 0.6) is 0 Å². The van der Waals surface area contributed by atoms with Crippen molar-refractivity contribution in [3.63, 3.8) is 0 Å². The van der Waals surface area contributed by atoms with Gasteiger partial charge in [-0.15, -0.1) is 0 Å². The van der Waals surface area contributed by atoms with Crippen LogP contribution < -0.4 is 10.4 Å². The van der Waals surface area contributed by atoms with E-state index in [0.717, 1.165) is 10.4 Å². The SMILES string of the molecule is [2H]C([2H])([2H])[C@](O)(CCO)C[13CH2]O[Si](c1ccccc1)(c1ccccc1)C(C)(C)C. The van der Waals surface area contributed by atoms with E-state index in [1.807, 2.05) is 36.4 Å². The molecule has 0 aliphatic rings. The maximum absolute atomic E-state index is 10.7. The van der Waals surface area contributed by atoms with E-state index in [9.17, 15) is 10.2 Å². The molecule has 0 spiro atoms. The van der Waals surface area contributed by atoms with Crippen molar-refractivity contribution in [2.24, 2.45) is 0 Å². The maximum atomic E-state index is 10.7. The highest BCUT2D eigenvalue weighted by molar-refractivity contribution is 6.99. The molecular weight excluding hydrogens is 341 g/mol. The van der Waals surface area contributed by atoms with Gasteiger partial charge in [0.25, 0.3) is 8.32 Å². The molecule has 0 aliphatic carbocycles. The van der Waals surface area contributed by atoms with Gasteiger partial charge in [0.1, 0.15) is 0 Å². The molecule has 0 saturated heterocycles. The van der Waals surface area contributed by atoms with Gasteiger partial charge in [0.2, 0.25) is 0 Å². The van der Waals surface area contributed by atoms with Crippen LogP contribution in [-0.2, 0) is 4.43 Å². The predicted molar refractivity (Wildman–Crippen MR) is 111 cm³/mol. The van der Waals surface area contributed by atoms with Gasteiger partial charge < -0.3 is 14.6 Å². The third kappa shape index (κ3) is 4.63. The molecule has 26 heavy (non-hydrogen) atoms. The summed E-state index contributed by atoms with van der Waals surface area (Å²) < 4.78 is 29.8. The fourth-order valence-corrected chi connectivity index (χ4v) is 8.01. The summed E-state index contributed by atoms with van der Waals surface area (Å²) in [6.07, 6.45) is -0.290. The first-order chi connectivity index (χ1) is 13.5. The van der Waals surface area contributed by atoms with Crippen molar-refractivity contribution in [1.29, 1.82) is 0 Å². The normalized spacial score (nSPS) is 17.0. The predicted octanol–water partition coefficient (Wildman–Crippen LogP) is 3.09. The highest BCUT2D eigenvalue weighted by atomic mass is 28.4. The zero-order chi connectivity index (χ0) is 21.8. The van der Waals surface area contributed by atoms with Gasteiger partial charge in [-0.2, -0.15) is 0 Å². The monoisotopic (exact) mass is 376 g/mol. The van der Waals surface area contributed by atoms with E-state index in [1.54, 1.807) is 0 Å². The van der Waals surface area contributed by atoms with Crippen molar-refractivity contribution in [1.82, 2.24) is 0 Å². The van der Waals surface area contributed by atoms with Gasteiger partial charge in [-0.05, 0) is 35.1 Å². The Morgan fingerprint density at radius 1 is 0.923 bits per heavy atom. The van der Waals surface area contributed by atoms with Crippen LogP contribution in [0, 0.1) is 0 Å². The second kappa shape index (κ2) is 8.48. The Bertz CT molecular complexity index is 721. The first kappa shape index (κ1) is 16.7. The number of benzene rings is 2. The number of rotatable bonds is 8. The molecule has 142 valence electrons. The van der Waals surface area contributed by atoms with Crippen LogP contribution in [0.2, 0.25) is 5.04 Å². The van der Waals surface area contributed by atoms with Gasteiger partial charge in [-0.1, -0.05) is 81.4 Å². The van der Waals surface area contributed by atoms with Crippen molar-refractivity contribution in [3.8, 4) is 0 Å². The Balaban J connectivity index is 2.47. The maximum Gasteiger partial charge on any atom is 0.261 e. The average molecular weight is 377 g/mol. The largest absolute Gasteiger partial charge is 0.407 e. The van der Waals surface area contributed by atoms with Crippen molar-refractivity contribution in [3.05, 3.63) is 60.7 Å². The number of hydrogen-bond donors (Lipinski definition) is 2. The third-order valence-electron chi connectivity index (χ3n) is 4.78. The second-order valence-electron chi connectivity index (χ2n) is 7.77. The lowest BCUT2D eigenvalue weighted by molar-refractivity contribution is 0.0133. The van der Waals surface area contributed by atoms with E-state index in [4.69, 9.17) is 8.54 Å². The second-order valence-corrected chi connectivity index (χ2v) is 12.1. The summed E-state index contributed by atoms with van der Waals surface area (Å²) in [7, 11) is -2.79. The summed E-state index contributed by atoms with van der Waals surface area (Å²) in [5.41, 5.74) is -1.98. The molecule has 0 saturated carbocycles. The first-order valence-corrected chi connectivity index (χ1v) is 11.0. The van der Waals surface area contributed by atoms with E-state index < -0.39 is 27.4 Å². The topological polar surface area (TPSA) is 49.7 Å². The van der Waals surface area contributed by atoms with E-state index >= 15 is 0 Å². The molecular formula is C22H32O3Si. The molecule has 2 aromatic carbocycles. The summed E-state index contributed by atoms with van der Waals surface area (Å²) in [4.78, 5) is 0. The summed E-state index contributed by atoms with van der Waals surface area (Å²) in [5.74, 6) is 0. The molecule has 3 nitrogen and oxygen atoms in total. The van der Waals surface area contributed by atoms with Crippen LogP contribution in [0.4, 0.5) is 0 Å². The van der Waals surface area contributed by atoms with Gasteiger partial charge in [0.15, 0.2) is 0 Å². The molecule has 1 atom stereocenters. The molecule has 2 rings (SSSR count). The number of aliphatic hydroxyl groups excluding tert-OH is 1. The molecule has 0 heterocycles. The summed E-state index contributed by atoms with van der Waals surface area (Å²) >= 11 is 0. The van der Waals surface area contributed by atoms with Crippen LogP contribution in [0.25, 0.3) is 0 Å². The number of hydrogen-bond acceptors (Lipinski definition) is 3. The molecule has 2 aromatic rings. The van der Waals surface area contributed by atoms with Gasteiger partial charge >= 0.3 is 0 Å². The summed E-state index contributed by atoms with van der Waals surface area (Å²) in [6.45, 7) is 3.52. The van der Waals surface area contributed by atoms with Gasteiger partial charge in [0, 0.05) is 17.3 Å². The summed E-state index contributed by atoms with van der Waals surface area (Å²) in [5, 5.41) is 21.9. The van der Waals surface area contributed by atoms with Crippen LogP contribution in [-0.4, -0.2) is 37.3 Å². The Morgan fingerprint density at radius 2 is 1.42 bits per heavy atom. The van der Waals surface area contributed by atoms with Crippen LogP contribution in [0.1, 0.15) is 44.6 Å². The zero-order valence-electron chi connectivity index (χ0n) is 18.9. The first-order valence-electron chi connectivity index (χ1n) is 10.6. The fraction of sp³-hybridized carbons (Fsp3) is 0.455. The van der Waals surface area contributed by atoms with Crippen molar-refractivity contribution < 1.29 is 18.8 Å². The van der Waals surface area contributed by atoms with Crippen molar-refractivity contribution in [2.75, 3.05) is 13.2 Å². The molecule has 0 radical (unpaired) electrons. The van der Waals surface area contributed by atoms with Gasteiger partial charge in [-0.3, -0.25) is 0 Å². The minimum atomic E-state index is -2.79. The van der Waals surface area contributed by atoms with E-state index in [-0.39, 0.29) is 24.5 Å². The lowest BCUT2D eigenvalue weighted by Crippen LogP contribution is -2.66. The van der Waals surface area contributed by atoms with Crippen LogP contribution >= 0.6 is 0 Å². The smallest absolute Gasteiger partial charge is 0.261 e. The minimum Gasteiger partial charge on any atom is -0.407 e. The van der Waals surface area contributed by atoms with Crippen LogP contribution in [0.15, 0.2) is 60.7 Å². The molecule has 0 amide bonds. The molecule has 0 fully saturated rings. The highest BCUT2D eigenvalue weighted by Crippen LogP contribution is 2.37. The summed E-state index contributed by atoms with van der Waals surface area (Å²) in [6, 6.07) is 20.1. The molecule has 4 heteroatoms. The van der Waals surface area contributed by atoms with E-state index in [1.165, 1.54) is 0 Å². The Hall–Kier alpha value is -1.46. The third-order valence-corrected chi connectivity index (χ3v) is 9.82. The van der Waals surface area contributed by atoms with Crippen molar-refractivity contribution >= 4 is 18.7 Å². The number of aliphatic hydroxyl groups is 2. The Kier molecular flexibility index (Phi) is 5.45. The molecule has 0 aliphatic heterocycles. The zero-order valence-corrected chi connectivity index (χ0v) is 16.9. The van der Waals surface area contributed by atoms with E-state index in [0.29, 0.717) is 0 Å². The quantitative estimate of drug-likeness (QED) is 0.550. The van der Waals surface area contributed by atoms with E-state index in [2.05, 4.69) is 45.0 Å². The lowest BCUT2D eigenvalue weighted by atomic mass is 10.0. The fourth-order valence-electron chi connectivity index (χ4n) is 3.44. The molecule has 0 bridgehead atoms. The standard InChI is InChI=1S/C22H32O3Si/c1-21(2,3)26(19-11-7-5-8-12-19,20-13-9-6-10-14-20)25-18-16-22(4,24)15-17-23/h5-14,23-24H,15-18H2,1-4H3/t22-/m0/s1/i4D3,18+1. The average Bonchev–Trinajstić information content (AvgIpc) is 2.65. The Labute approximate surface area is 163 Å². The lowest BCUT2D eigenvalue weighted by Gasteiger charge is -2.43. The van der Waals surface area contributed by atoms with Gasteiger partial charge in [-0.25, -0.2) is 0 Å². The van der Waals surface area contributed by atoms with Gasteiger partial charge in [0.05, 0.1) is 5.60 Å². The van der Waals surface area contributed by atoms with Crippen molar-refractivity contribution in [2.45, 2.75) is 51.1 Å². The molecule has 0 unspecified atom stereocenters. The van der Waals surface area contributed by atoms with Crippen LogP contribution in [0.3, 0.4) is 0 Å². The minimum absolute atomic E-state index is 0.0748.